The first-order valence-electron chi connectivity index (χ1n) is 8.51. The van der Waals surface area contributed by atoms with Crippen LogP contribution in [-0.2, 0) is 17.6 Å². The van der Waals surface area contributed by atoms with Crippen molar-refractivity contribution in [2.45, 2.75) is 38.5 Å². The molecule has 0 spiro atoms. The summed E-state index contributed by atoms with van der Waals surface area (Å²) in [6.07, 6.45) is -7.01. The quantitative estimate of drug-likeness (QED) is 0.759. The van der Waals surface area contributed by atoms with Gasteiger partial charge in [0.25, 0.3) is 0 Å². The van der Waals surface area contributed by atoms with Crippen molar-refractivity contribution in [2.24, 2.45) is 0 Å². The normalized spacial score (nSPS) is 12.5. The first kappa shape index (κ1) is 19.8. The molecule has 140 valence electrons. The number of alkyl halides is 3. The number of hydrogen-bond acceptors (Lipinski definition) is 2. The van der Waals surface area contributed by atoms with Crippen molar-refractivity contribution in [3.05, 3.63) is 71.3 Å². The van der Waals surface area contributed by atoms with Crippen LogP contribution in [0, 0.1) is 0 Å². The summed E-state index contributed by atoms with van der Waals surface area (Å²) in [5.74, 6) is 0. The van der Waals surface area contributed by atoms with Gasteiger partial charge in [-0.1, -0.05) is 61.5 Å². The van der Waals surface area contributed by atoms with Gasteiger partial charge in [-0.15, -0.1) is 0 Å². The molecule has 0 aliphatic carbocycles. The highest BCUT2D eigenvalue weighted by Gasteiger charge is 2.42. The van der Waals surface area contributed by atoms with Gasteiger partial charge < -0.3 is 10.1 Å². The Bertz CT molecular complexity index is 702. The van der Waals surface area contributed by atoms with Gasteiger partial charge in [0.1, 0.15) is 0 Å². The number of nitrogens with one attached hydrogen (secondary N) is 1. The summed E-state index contributed by atoms with van der Waals surface area (Å²) in [4.78, 5) is 11.5. The van der Waals surface area contributed by atoms with Gasteiger partial charge in [-0.25, -0.2) is 4.79 Å². The third-order valence-corrected chi connectivity index (χ3v) is 3.80. The van der Waals surface area contributed by atoms with Gasteiger partial charge in [-0.2, -0.15) is 13.2 Å². The molecule has 0 bridgehead atoms. The molecule has 0 saturated heterocycles. The summed E-state index contributed by atoms with van der Waals surface area (Å²) in [5, 5.41) is 2.30. The van der Waals surface area contributed by atoms with E-state index in [2.05, 4.69) is 10.1 Å². The summed E-state index contributed by atoms with van der Waals surface area (Å²) in [6, 6.07) is 16.6. The van der Waals surface area contributed by atoms with Crippen LogP contribution in [0.25, 0.3) is 0 Å². The van der Waals surface area contributed by atoms with Gasteiger partial charge in [-0.3, -0.25) is 0 Å². The molecular weight excluding hydrogens is 343 g/mol. The fourth-order valence-electron chi connectivity index (χ4n) is 2.53. The van der Waals surface area contributed by atoms with Crippen molar-refractivity contribution in [2.75, 3.05) is 6.54 Å². The molecule has 0 aliphatic heterocycles. The van der Waals surface area contributed by atoms with E-state index in [4.69, 9.17) is 0 Å². The Kier molecular flexibility index (Phi) is 7.06. The summed E-state index contributed by atoms with van der Waals surface area (Å²) in [5.41, 5.74) is 2.46. The standard InChI is InChI=1S/C20H22F3NO2/c1-2-11-24-19(25)26-18(20(21,22)23)14-17-10-6-9-16(13-17)12-15-7-4-3-5-8-15/h3-10,13,18H,2,11-12,14H2,1H3,(H,24,25). The highest BCUT2D eigenvalue weighted by Crippen LogP contribution is 2.26. The molecule has 0 heterocycles. The van der Waals surface area contributed by atoms with E-state index < -0.39 is 24.8 Å². The lowest BCUT2D eigenvalue weighted by Crippen LogP contribution is -2.39. The van der Waals surface area contributed by atoms with Crippen LogP contribution in [0.2, 0.25) is 0 Å². The molecule has 6 heteroatoms. The Morgan fingerprint density at radius 2 is 1.69 bits per heavy atom. The zero-order chi connectivity index (χ0) is 19.0. The first-order chi connectivity index (χ1) is 12.4. The molecule has 2 aromatic carbocycles. The lowest BCUT2D eigenvalue weighted by molar-refractivity contribution is -0.202. The largest absolute Gasteiger partial charge is 0.436 e. The van der Waals surface area contributed by atoms with Gasteiger partial charge in [0, 0.05) is 13.0 Å². The predicted octanol–water partition coefficient (Wildman–Crippen LogP) is 4.89. The summed E-state index contributed by atoms with van der Waals surface area (Å²) in [7, 11) is 0. The Morgan fingerprint density at radius 3 is 2.35 bits per heavy atom. The highest BCUT2D eigenvalue weighted by atomic mass is 19.4. The number of alkyl carbamates (subject to hydrolysis) is 1. The van der Waals surface area contributed by atoms with E-state index in [0.717, 1.165) is 11.1 Å². The summed E-state index contributed by atoms with van der Waals surface area (Å²) >= 11 is 0. The molecule has 0 saturated carbocycles. The number of carbonyl (C=O) groups is 1. The Balaban J connectivity index is 2.07. The molecule has 2 aromatic rings. The van der Waals surface area contributed by atoms with Gasteiger partial charge in [0.15, 0.2) is 0 Å². The second kappa shape index (κ2) is 9.27. The maximum absolute atomic E-state index is 13.2. The van der Waals surface area contributed by atoms with E-state index >= 15 is 0 Å². The van der Waals surface area contributed by atoms with E-state index in [1.165, 1.54) is 0 Å². The number of halogens is 3. The van der Waals surface area contributed by atoms with Gasteiger partial charge in [-0.05, 0) is 29.5 Å². The second-order valence-electron chi connectivity index (χ2n) is 6.05. The van der Waals surface area contributed by atoms with Crippen LogP contribution >= 0.6 is 0 Å². The molecule has 0 radical (unpaired) electrons. The maximum atomic E-state index is 13.2. The van der Waals surface area contributed by atoms with E-state index in [0.29, 0.717) is 18.4 Å². The average molecular weight is 365 g/mol. The number of hydrogen-bond donors (Lipinski definition) is 1. The van der Waals surface area contributed by atoms with Crippen molar-refractivity contribution in [3.8, 4) is 0 Å². The molecule has 26 heavy (non-hydrogen) atoms. The van der Waals surface area contributed by atoms with E-state index in [9.17, 15) is 18.0 Å². The van der Waals surface area contributed by atoms with Crippen molar-refractivity contribution in [1.29, 1.82) is 0 Å². The Morgan fingerprint density at radius 1 is 1.04 bits per heavy atom. The molecule has 2 rings (SSSR count). The van der Waals surface area contributed by atoms with Crippen molar-refractivity contribution >= 4 is 6.09 Å². The fraction of sp³-hybridized carbons (Fsp3) is 0.350. The van der Waals surface area contributed by atoms with Crippen LogP contribution < -0.4 is 5.32 Å². The molecule has 1 atom stereocenters. The number of benzene rings is 2. The molecule has 0 fully saturated rings. The van der Waals surface area contributed by atoms with Crippen LogP contribution in [0.5, 0.6) is 0 Å². The zero-order valence-electron chi connectivity index (χ0n) is 14.6. The molecule has 3 nitrogen and oxygen atoms in total. The van der Waals surface area contributed by atoms with Crippen LogP contribution in [0.3, 0.4) is 0 Å². The molecule has 1 N–H and O–H groups in total. The average Bonchev–Trinajstić information content (AvgIpc) is 2.60. The van der Waals surface area contributed by atoms with Crippen LogP contribution in [0.4, 0.5) is 18.0 Å². The van der Waals surface area contributed by atoms with E-state index in [1.807, 2.05) is 36.4 Å². The number of rotatable bonds is 7. The fourth-order valence-corrected chi connectivity index (χ4v) is 2.53. The lowest BCUT2D eigenvalue weighted by atomic mass is 10.00. The molecule has 0 aromatic heterocycles. The van der Waals surface area contributed by atoms with Crippen molar-refractivity contribution < 1.29 is 22.7 Å². The summed E-state index contributed by atoms with van der Waals surface area (Å²) < 4.78 is 44.3. The lowest BCUT2D eigenvalue weighted by Gasteiger charge is -2.21. The third-order valence-electron chi connectivity index (χ3n) is 3.80. The highest BCUT2D eigenvalue weighted by molar-refractivity contribution is 5.67. The minimum absolute atomic E-state index is 0.274. The minimum atomic E-state index is -4.63. The Labute approximate surface area is 151 Å². The molecule has 0 aliphatic rings. The topological polar surface area (TPSA) is 38.3 Å². The third kappa shape index (κ3) is 6.43. The maximum Gasteiger partial charge on any atom is 0.425 e. The minimum Gasteiger partial charge on any atom is -0.436 e. The smallest absolute Gasteiger partial charge is 0.425 e. The monoisotopic (exact) mass is 365 g/mol. The van der Waals surface area contributed by atoms with Crippen molar-refractivity contribution in [3.63, 3.8) is 0 Å². The predicted molar refractivity (Wildman–Crippen MR) is 94.0 cm³/mol. The first-order valence-corrected chi connectivity index (χ1v) is 8.51. The SMILES string of the molecule is CCCNC(=O)OC(Cc1cccc(Cc2ccccc2)c1)C(F)(F)F. The number of ether oxygens (including phenoxy) is 1. The van der Waals surface area contributed by atoms with Crippen LogP contribution in [0.1, 0.15) is 30.0 Å². The van der Waals surface area contributed by atoms with E-state index in [-0.39, 0.29) is 6.54 Å². The zero-order valence-corrected chi connectivity index (χ0v) is 14.6. The van der Waals surface area contributed by atoms with E-state index in [1.54, 1.807) is 25.1 Å². The van der Waals surface area contributed by atoms with Gasteiger partial charge in [0.2, 0.25) is 6.10 Å². The molecule has 1 amide bonds. The molecular formula is C20H22F3NO2. The number of carbonyl (C=O) groups excluding carboxylic acids is 1. The Hall–Kier alpha value is -2.50. The van der Waals surface area contributed by atoms with Crippen LogP contribution in [-0.4, -0.2) is 24.9 Å². The van der Waals surface area contributed by atoms with Crippen LogP contribution in [0.15, 0.2) is 54.6 Å². The van der Waals surface area contributed by atoms with Gasteiger partial charge >= 0.3 is 12.3 Å². The second-order valence-corrected chi connectivity index (χ2v) is 6.05. The number of amides is 1. The van der Waals surface area contributed by atoms with Crippen molar-refractivity contribution in [1.82, 2.24) is 5.32 Å². The molecule has 1 unspecified atom stereocenters. The summed E-state index contributed by atoms with van der Waals surface area (Å²) in [6.45, 7) is 2.08. The van der Waals surface area contributed by atoms with Gasteiger partial charge in [0.05, 0.1) is 0 Å².